The fraction of sp³-hybridized carbons (Fsp3) is 0.385. The van der Waals surface area contributed by atoms with Gasteiger partial charge in [-0.05, 0) is 12.0 Å². The monoisotopic (exact) mass is 267 g/mol. The highest BCUT2D eigenvalue weighted by Gasteiger charge is 2.02. The average Bonchev–Trinajstić information content (AvgIpc) is 2.36. The third kappa shape index (κ3) is 6.96. The van der Waals surface area contributed by atoms with Gasteiger partial charge in [0.05, 0.1) is 5.75 Å². The molecule has 98 valence electrons. The van der Waals surface area contributed by atoms with Crippen LogP contribution < -0.4 is 5.32 Å². The van der Waals surface area contributed by atoms with E-state index in [0.29, 0.717) is 18.7 Å². The summed E-state index contributed by atoms with van der Waals surface area (Å²) in [6.45, 7) is 0.428. The lowest BCUT2D eigenvalue weighted by Crippen LogP contribution is -2.26. The van der Waals surface area contributed by atoms with Crippen molar-refractivity contribution in [3.63, 3.8) is 0 Å². The SMILES string of the molecule is O=C(O)CCCNC(=O)CSCc1ccccc1. The molecule has 1 rings (SSSR count). The molecule has 0 spiro atoms. The Morgan fingerprint density at radius 3 is 2.61 bits per heavy atom. The van der Waals surface area contributed by atoms with Crippen molar-refractivity contribution in [2.75, 3.05) is 12.3 Å². The molecular formula is C13H17NO3S. The number of nitrogens with one attached hydrogen (secondary N) is 1. The zero-order valence-corrected chi connectivity index (χ0v) is 10.9. The van der Waals surface area contributed by atoms with Crippen LogP contribution >= 0.6 is 11.8 Å². The number of carbonyl (C=O) groups is 2. The van der Waals surface area contributed by atoms with Crippen LogP contribution in [0.15, 0.2) is 30.3 Å². The third-order valence-electron chi connectivity index (χ3n) is 2.23. The van der Waals surface area contributed by atoms with Gasteiger partial charge in [0.25, 0.3) is 0 Å². The van der Waals surface area contributed by atoms with Crippen LogP contribution in [0.5, 0.6) is 0 Å². The number of aliphatic carboxylic acids is 1. The van der Waals surface area contributed by atoms with Crippen molar-refractivity contribution < 1.29 is 14.7 Å². The van der Waals surface area contributed by atoms with E-state index >= 15 is 0 Å². The summed E-state index contributed by atoms with van der Waals surface area (Å²) in [5.74, 6) is 0.342. The first-order valence-corrected chi connectivity index (χ1v) is 6.94. The molecule has 5 heteroatoms. The van der Waals surface area contributed by atoms with Crippen LogP contribution in [0.3, 0.4) is 0 Å². The molecule has 0 aromatic heterocycles. The van der Waals surface area contributed by atoms with Crippen molar-refractivity contribution in [1.29, 1.82) is 0 Å². The van der Waals surface area contributed by atoms with Gasteiger partial charge in [-0.25, -0.2) is 0 Å². The second kappa shape index (κ2) is 8.58. The first kappa shape index (κ1) is 14.6. The minimum Gasteiger partial charge on any atom is -0.481 e. The minimum absolute atomic E-state index is 0.0404. The number of thioether (sulfide) groups is 1. The van der Waals surface area contributed by atoms with E-state index < -0.39 is 5.97 Å². The summed E-state index contributed by atoms with van der Waals surface area (Å²) in [6, 6.07) is 9.96. The summed E-state index contributed by atoms with van der Waals surface area (Å²) in [4.78, 5) is 21.7. The summed E-state index contributed by atoms with van der Waals surface area (Å²) in [5, 5.41) is 11.1. The van der Waals surface area contributed by atoms with E-state index in [1.165, 1.54) is 5.56 Å². The van der Waals surface area contributed by atoms with Crippen molar-refractivity contribution in [3.8, 4) is 0 Å². The molecule has 0 aliphatic rings. The lowest BCUT2D eigenvalue weighted by Gasteiger charge is -2.04. The molecule has 0 aliphatic carbocycles. The van der Waals surface area contributed by atoms with E-state index in [9.17, 15) is 9.59 Å². The zero-order valence-electron chi connectivity index (χ0n) is 10.1. The number of amides is 1. The molecule has 0 radical (unpaired) electrons. The molecule has 2 N–H and O–H groups in total. The minimum atomic E-state index is -0.831. The number of carboxylic acids is 1. The van der Waals surface area contributed by atoms with E-state index in [0.717, 1.165) is 5.75 Å². The summed E-state index contributed by atoms with van der Waals surface area (Å²) >= 11 is 1.55. The number of carbonyl (C=O) groups excluding carboxylic acids is 1. The molecule has 0 saturated heterocycles. The number of carboxylic acid groups (broad SMARTS) is 1. The molecule has 0 bridgehead atoms. The molecule has 1 aromatic rings. The first-order valence-electron chi connectivity index (χ1n) is 5.78. The summed E-state index contributed by atoms with van der Waals surface area (Å²) in [5.41, 5.74) is 1.20. The van der Waals surface area contributed by atoms with Gasteiger partial charge in [-0.3, -0.25) is 9.59 Å². The Hall–Kier alpha value is -1.49. The lowest BCUT2D eigenvalue weighted by atomic mass is 10.2. The molecular weight excluding hydrogens is 250 g/mol. The second-order valence-electron chi connectivity index (χ2n) is 3.83. The molecule has 1 aromatic carbocycles. The van der Waals surface area contributed by atoms with Gasteiger partial charge < -0.3 is 10.4 Å². The van der Waals surface area contributed by atoms with Crippen molar-refractivity contribution in [2.45, 2.75) is 18.6 Å². The molecule has 0 saturated carbocycles. The predicted octanol–water partition coefficient (Wildman–Crippen LogP) is 1.90. The molecule has 0 atom stereocenters. The maximum absolute atomic E-state index is 11.4. The van der Waals surface area contributed by atoms with E-state index in [2.05, 4.69) is 5.32 Å². The summed E-state index contributed by atoms with van der Waals surface area (Å²) in [7, 11) is 0. The molecule has 1 amide bonds. The van der Waals surface area contributed by atoms with Crippen molar-refractivity contribution >= 4 is 23.6 Å². The second-order valence-corrected chi connectivity index (χ2v) is 4.81. The van der Waals surface area contributed by atoms with Gasteiger partial charge >= 0.3 is 5.97 Å². The Bertz CT molecular complexity index is 381. The summed E-state index contributed by atoms with van der Waals surface area (Å²) < 4.78 is 0. The van der Waals surface area contributed by atoms with Gasteiger partial charge in [0.2, 0.25) is 5.91 Å². The Morgan fingerprint density at radius 2 is 1.94 bits per heavy atom. The van der Waals surface area contributed by atoms with Gasteiger partial charge in [-0.15, -0.1) is 11.8 Å². The van der Waals surface area contributed by atoms with Crippen LogP contribution in [-0.4, -0.2) is 29.3 Å². The van der Waals surface area contributed by atoms with Gasteiger partial charge in [0.15, 0.2) is 0 Å². The fourth-order valence-corrected chi connectivity index (χ4v) is 2.17. The van der Waals surface area contributed by atoms with E-state index in [1.807, 2.05) is 30.3 Å². The van der Waals surface area contributed by atoms with Crippen molar-refractivity contribution in [1.82, 2.24) is 5.32 Å². The molecule has 0 heterocycles. The highest BCUT2D eigenvalue weighted by atomic mass is 32.2. The van der Waals surface area contributed by atoms with Crippen LogP contribution in [0.4, 0.5) is 0 Å². The van der Waals surface area contributed by atoms with Crippen molar-refractivity contribution in [3.05, 3.63) is 35.9 Å². The quantitative estimate of drug-likeness (QED) is 0.706. The first-order chi connectivity index (χ1) is 8.68. The fourth-order valence-electron chi connectivity index (χ4n) is 1.35. The van der Waals surface area contributed by atoms with Crippen LogP contribution in [0.2, 0.25) is 0 Å². The Kier molecular flexibility index (Phi) is 6.94. The number of benzene rings is 1. The van der Waals surface area contributed by atoms with Gasteiger partial charge in [0.1, 0.15) is 0 Å². The zero-order chi connectivity index (χ0) is 13.2. The number of hydrogen-bond donors (Lipinski definition) is 2. The Morgan fingerprint density at radius 1 is 1.22 bits per heavy atom. The molecule has 0 aliphatic heterocycles. The van der Waals surface area contributed by atoms with Crippen molar-refractivity contribution in [2.24, 2.45) is 0 Å². The van der Waals surface area contributed by atoms with Crippen LogP contribution in [0, 0.1) is 0 Å². The average molecular weight is 267 g/mol. The van der Waals surface area contributed by atoms with E-state index in [4.69, 9.17) is 5.11 Å². The molecule has 0 fully saturated rings. The third-order valence-corrected chi connectivity index (χ3v) is 3.24. The highest BCUT2D eigenvalue weighted by molar-refractivity contribution is 7.99. The topological polar surface area (TPSA) is 66.4 Å². The normalized spacial score (nSPS) is 10.0. The summed E-state index contributed by atoms with van der Waals surface area (Å²) in [6.07, 6.45) is 0.571. The largest absolute Gasteiger partial charge is 0.481 e. The standard InChI is InChI=1S/C13H17NO3S/c15-12(14-8-4-7-13(16)17)10-18-9-11-5-2-1-3-6-11/h1-3,5-6H,4,7-10H2,(H,14,15)(H,16,17). The smallest absolute Gasteiger partial charge is 0.303 e. The Balaban J connectivity index is 2.05. The van der Waals surface area contributed by atoms with Crippen LogP contribution in [0.25, 0.3) is 0 Å². The molecule has 0 unspecified atom stereocenters. The van der Waals surface area contributed by atoms with Crippen LogP contribution in [-0.2, 0) is 15.3 Å². The molecule has 4 nitrogen and oxygen atoms in total. The van der Waals surface area contributed by atoms with E-state index in [-0.39, 0.29) is 12.3 Å². The maximum atomic E-state index is 11.4. The number of rotatable bonds is 8. The van der Waals surface area contributed by atoms with Gasteiger partial charge in [0, 0.05) is 18.7 Å². The van der Waals surface area contributed by atoms with Gasteiger partial charge in [-0.2, -0.15) is 0 Å². The molecule has 18 heavy (non-hydrogen) atoms. The lowest BCUT2D eigenvalue weighted by molar-refractivity contribution is -0.137. The van der Waals surface area contributed by atoms with Crippen LogP contribution in [0.1, 0.15) is 18.4 Å². The Labute approximate surface area is 111 Å². The predicted molar refractivity (Wildman–Crippen MR) is 72.5 cm³/mol. The maximum Gasteiger partial charge on any atom is 0.303 e. The van der Waals surface area contributed by atoms with Gasteiger partial charge in [-0.1, -0.05) is 30.3 Å². The number of hydrogen-bond acceptors (Lipinski definition) is 3. The van der Waals surface area contributed by atoms with E-state index in [1.54, 1.807) is 11.8 Å². The highest BCUT2D eigenvalue weighted by Crippen LogP contribution is 2.10.